The number of Topliss-reactive ketones (excluding diaryl/α,β-unsaturated/α-hetero) is 1. The highest BCUT2D eigenvalue weighted by Gasteiger charge is 1.99. The molecule has 0 aliphatic heterocycles. The maximum atomic E-state index is 11.2. The number of hydrogen-bond donors (Lipinski definition) is 1. The van der Waals surface area contributed by atoms with Gasteiger partial charge in [0.25, 0.3) is 0 Å². The lowest BCUT2D eigenvalue weighted by molar-refractivity contribution is -0.116. The van der Waals surface area contributed by atoms with E-state index in [1.54, 1.807) is 11.8 Å². The van der Waals surface area contributed by atoms with E-state index in [1.165, 1.54) is 32.1 Å². The minimum Gasteiger partial charge on any atom is -0.330 e. The summed E-state index contributed by atoms with van der Waals surface area (Å²) in [6.45, 7) is 0.823. The van der Waals surface area contributed by atoms with Gasteiger partial charge in [0.2, 0.25) is 0 Å². The molecule has 0 atom stereocenters. The molecule has 2 N–H and O–H groups in total. The third kappa shape index (κ3) is 11.9. The molecular formula is C12H25NOS. The van der Waals surface area contributed by atoms with Gasteiger partial charge in [-0.05, 0) is 25.6 Å². The van der Waals surface area contributed by atoms with Gasteiger partial charge in [-0.2, -0.15) is 11.8 Å². The quantitative estimate of drug-likeness (QED) is 0.556. The summed E-state index contributed by atoms with van der Waals surface area (Å²) in [6, 6.07) is 0. The molecule has 0 unspecified atom stereocenters. The van der Waals surface area contributed by atoms with Crippen molar-refractivity contribution >= 4 is 17.5 Å². The van der Waals surface area contributed by atoms with Crippen LogP contribution >= 0.6 is 11.8 Å². The van der Waals surface area contributed by atoms with E-state index in [1.807, 2.05) is 6.26 Å². The lowest BCUT2D eigenvalue weighted by Crippen LogP contribution is -2.00. The summed E-state index contributed by atoms with van der Waals surface area (Å²) in [6.07, 6.45) is 11.4. The normalized spacial score (nSPS) is 10.5. The molecule has 15 heavy (non-hydrogen) atoms. The first-order valence-electron chi connectivity index (χ1n) is 6.02. The van der Waals surface area contributed by atoms with E-state index in [0.29, 0.717) is 11.5 Å². The summed E-state index contributed by atoms with van der Waals surface area (Å²) in [4.78, 5) is 11.2. The maximum Gasteiger partial charge on any atom is 0.142 e. The van der Waals surface area contributed by atoms with Gasteiger partial charge < -0.3 is 5.73 Å². The van der Waals surface area contributed by atoms with Gasteiger partial charge in [0.15, 0.2) is 0 Å². The standard InChI is InChI=1S/C12H25NOS/c1-15-11-12(14)9-7-5-3-2-4-6-8-10-13/h2-11,13H2,1H3. The zero-order valence-electron chi connectivity index (χ0n) is 9.96. The second kappa shape index (κ2) is 12.1. The molecule has 0 saturated heterocycles. The number of unbranched alkanes of at least 4 members (excludes halogenated alkanes) is 6. The zero-order chi connectivity index (χ0) is 11.4. The van der Waals surface area contributed by atoms with Crippen molar-refractivity contribution in [1.29, 1.82) is 0 Å². The van der Waals surface area contributed by atoms with Crippen LogP contribution in [0.1, 0.15) is 51.4 Å². The van der Waals surface area contributed by atoms with Crippen molar-refractivity contribution in [2.45, 2.75) is 51.4 Å². The second-order valence-electron chi connectivity index (χ2n) is 3.99. The third-order valence-corrected chi connectivity index (χ3v) is 3.08. The first-order valence-corrected chi connectivity index (χ1v) is 7.41. The fraction of sp³-hybridized carbons (Fsp3) is 0.917. The number of ketones is 1. The summed E-state index contributed by atoms with van der Waals surface area (Å²) >= 11 is 1.63. The van der Waals surface area contributed by atoms with Crippen molar-refractivity contribution in [2.75, 3.05) is 18.6 Å². The van der Waals surface area contributed by atoms with Crippen LogP contribution in [0.2, 0.25) is 0 Å². The fourth-order valence-electron chi connectivity index (χ4n) is 1.58. The number of carbonyl (C=O) groups is 1. The fourth-order valence-corrected chi connectivity index (χ4v) is 2.05. The summed E-state index contributed by atoms with van der Waals surface area (Å²) in [5.74, 6) is 1.10. The minimum absolute atomic E-state index is 0.408. The third-order valence-electron chi connectivity index (χ3n) is 2.47. The minimum atomic E-state index is 0.408. The molecule has 2 nitrogen and oxygen atoms in total. The molecule has 3 heteroatoms. The summed E-state index contributed by atoms with van der Waals surface area (Å²) < 4.78 is 0. The van der Waals surface area contributed by atoms with E-state index in [2.05, 4.69) is 0 Å². The molecular weight excluding hydrogens is 206 g/mol. The number of carbonyl (C=O) groups excluding carboxylic acids is 1. The zero-order valence-corrected chi connectivity index (χ0v) is 10.8. The Morgan fingerprint density at radius 3 is 2.07 bits per heavy atom. The second-order valence-corrected chi connectivity index (χ2v) is 4.85. The summed E-state index contributed by atoms with van der Waals surface area (Å²) in [7, 11) is 0. The van der Waals surface area contributed by atoms with Crippen molar-refractivity contribution in [3.05, 3.63) is 0 Å². The van der Waals surface area contributed by atoms with Gasteiger partial charge in [-0.25, -0.2) is 0 Å². The molecule has 90 valence electrons. The number of hydrogen-bond acceptors (Lipinski definition) is 3. The largest absolute Gasteiger partial charge is 0.330 e. The number of nitrogens with two attached hydrogens (primary N) is 1. The monoisotopic (exact) mass is 231 g/mol. The Labute approximate surface area is 98.4 Å². The Bertz CT molecular complexity index is 151. The Balaban J connectivity index is 3.01. The van der Waals surface area contributed by atoms with Gasteiger partial charge in [-0.15, -0.1) is 0 Å². The van der Waals surface area contributed by atoms with Gasteiger partial charge in [0, 0.05) is 6.42 Å². The molecule has 0 aliphatic rings. The molecule has 0 bridgehead atoms. The SMILES string of the molecule is CSCC(=O)CCCCCCCCCN. The highest BCUT2D eigenvalue weighted by Crippen LogP contribution is 2.09. The molecule has 0 rings (SSSR count). The molecule has 0 radical (unpaired) electrons. The topological polar surface area (TPSA) is 43.1 Å². The smallest absolute Gasteiger partial charge is 0.142 e. The van der Waals surface area contributed by atoms with Crippen molar-refractivity contribution in [3.8, 4) is 0 Å². The van der Waals surface area contributed by atoms with E-state index in [9.17, 15) is 4.79 Å². The average molecular weight is 231 g/mol. The maximum absolute atomic E-state index is 11.2. The summed E-state index contributed by atoms with van der Waals surface area (Å²) in [5, 5.41) is 0. The predicted octanol–water partition coefficient (Wildman–Crippen LogP) is 3.00. The van der Waals surface area contributed by atoms with Gasteiger partial charge in [-0.1, -0.05) is 32.1 Å². The lowest BCUT2D eigenvalue weighted by atomic mass is 10.1. The van der Waals surface area contributed by atoms with Crippen LogP contribution in [0.5, 0.6) is 0 Å². The molecule has 0 aliphatic carbocycles. The lowest BCUT2D eigenvalue weighted by Gasteiger charge is -2.01. The van der Waals surface area contributed by atoms with E-state index in [0.717, 1.165) is 25.8 Å². The van der Waals surface area contributed by atoms with Gasteiger partial charge in [0.1, 0.15) is 5.78 Å². The van der Waals surface area contributed by atoms with Crippen molar-refractivity contribution in [3.63, 3.8) is 0 Å². The number of rotatable bonds is 11. The van der Waals surface area contributed by atoms with Crippen LogP contribution in [-0.2, 0) is 4.79 Å². The molecule has 0 aromatic rings. The van der Waals surface area contributed by atoms with Gasteiger partial charge in [-0.3, -0.25) is 4.79 Å². The van der Waals surface area contributed by atoms with Crippen molar-refractivity contribution in [1.82, 2.24) is 0 Å². The highest BCUT2D eigenvalue weighted by molar-refractivity contribution is 7.99. The van der Waals surface area contributed by atoms with Crippen LogP contribution in [0.25, 0.3) is 0 Å². The highest BCUT2D eigenvalue weighted by atomic mass is 32.2. The molecule has 0 fully saturated rings. The van der Waals surface area contributed by atoms with Crippen molar-refractivity contribution < 1.29 is 4.79 Å². The molecule has 0 aromatic carbocycles. The number of thioether (sulfide) groups is 1. The van der Waals surface area contributed by atoms with Gasteiger partial charge >= 0.3 is 0 Å². The molecule has 0 spiro atoms. The van der Waals surface area contributed by atoms with Gasteiger partial charge in [0.05, 0.1) is 5.75 Å². The Morgan fingerprint density at radius 2 is 1.53 bits per heavy atom. The van der Waals surface area contributed by atoms with Crippen LogP contribution < -0.4 is 5.73 Å². The first-order chi connectivity index (χ1) is 7.31. The predicted molar refractivity (Wildman–Crippen MR) is 69.4 cm³/mol. The summed E-state index contributed by atoms with van der Waals surface area (Å²) in [5.41, 5.74) is 5.41. The Hall–Kier alpha value is -0.0200. The van der Waals surface area contributed by atoms with Crippen LogP contribution in [0.15, 0.2) is 0 Å². The average Bonchev–Trinajstić information content (AvgIpc) is 2.22. The van der Waals surface area contributed by atoms with E-state index < -0.39 is 0 Å². The van der Waals surface area contributed by atoms with E-state index >= 15 is 0 Å². The molecule has 0 amide bonds. The van der Waals surface area contributed by atoms with Crippen LogP contribution in [0, 0.1) is 0 Å². The van der Waals surface area contributed by atoms with E-state index in [-0.39, 0.29) is 0 Å². The van der Waals surface area contributed by atoms with Crippen LogP contribution in [-0.4, -0.2) is 24.3 Å². The van der Waals surface area contributed by atoms with Crippen LogP contribution in [0.3, 0.4) is 0 Å². The first kappa shape index (κ1) is 15.0. The molecule has 0 aromatic heterocycles. The van der Waals surface area contributed by atoms with Crippen molar-refractivity contribution in [2.24, 2.45) is 5.73 Å². The molecule has 0 heterocycles. The van der Waals surface area contributed by atoms with Crippen LogP contribution in [0.4, 0.5) is 0 Å². The Morgan fingerprint density at radius 1 is 1.00 bits per heavy atom. The molecule has 0 saturated carbocycles. The Kier molecular flexibility index (Phi) is 12.0. The van der Waals surface area contributed by atoms with E-state index in [4.69, 9.17) is 5.73 Å².